The molecule has 110 valence electrons. The Balaban J connectivity index is 2.23. The minimum atomic E-state index is -0.930. The Morgan fingerprint density at radius 2 is 2.25 bits per heavy atom. The monoisotopic (exact) mass is 278 g/mol. The van der Waals surface area contributed by atoms with Gasteiger partial charge in [-0.1, -0.05) is 0 Å². The number of rotatable bonds is 7. The second-order valence-electron chi connectivity index (χ2n) is 5.37. The highest BCUT2D eigenvalue weighted by Gasteiger charge is 2.32. The molecule has 0 bridgehead atoms. The van der Waals surface area contributed by atoms with Gasteiger partial charge in [-0.15, -0.1) is 0 Å². The fourth-order valence-corrected chi connectivity index (χ4v) is 2.48. The molecule has 1 aliphatic carbocycles. The normalized spacial score (nSPS) is 15.9. The van der Waals surface area contributed by atoms with E-state index >= 15 is 0 Å². The predicted molar refractivity (Wildman–Crippen MR) is 77.3 cm³/mol. The van der Waals surface area contributed by atoms with Crippen molar-refractivity contribution >= 4 is 11.8 Å². The van der Waals surface area contributed by atoms with Crippen LogP contribution in [0, 0.1) is 12.8 Å². The predicted octanol–water partition coefficient (Wildman–Crippen LogP) is 2.34. The van der Waals surface area contributed by atoms with Crippen LogP contribution in [0.5, 0.6) is 0 Å². The van der Waals surface area contributed by atoms with Crippen LogP contribution in [0.1, 0.15) is 35.8 Å². The minimum absolute atomic E-state index is 0.263. The number of ether oxygens (including phenoxy) is 1. The molecule has 1 aromatic rings. The van der Waals surface area contributed by atoms with E-state index in [4.69, 9.17) is 9.84 Å². The number of methoxy groups -OCH3 is 1. The number of hydrogen-bond donors (Lipinski definition) is 1. The zero-order valence-electron chi connectivity index (χ0n) is 12.3. The summed E-state index contributed by atoms with van der Waals surface area (Å²) in [6.45, 7) is 5.35. The molecule has 0 spiro atoms. The fourth-order valence-electron chi connectivity index (χ4n) is 2.48. The van der Waals surface area contributed by atoms with Crippen molar-refractivity contribution in [3.63, 3.8) is 0 Å². The lowest BCUT2D eigenvalue weighted by atomic mass is 10.1. The highest BCUT2D eigenvalue weighted by molar-refractivity contribution is 5.89. The third-order valence-corrected chi connectivity index (χ3v) is 3.93. The van der Waals surface area contributed by atoms with E-state index in [2.05, 4.69) is 16.8 Å². The summed E-state index contributed by atoms with van der Waals surface area (Å²) in [5, 5.41) is 9.07. The van der Waals surface area contributed by atoms with Gasteiger partial charge in [-0.25, -0.2) is 9.78 Å². The largest absolute Gasteiger partial charge is 0.478 e. The Kier molecular flexibility index (Phi) is 4.60. The lowest BCUT2D eigenvalue weighted by molar-refractivity contribution is 0.0695. The third-order valence-electron chi connectivity index (χ3n) is 3.93. The van der Waals surface area contributed by atoms with Crippen molar-refractivity contribution in [3.05, 3.63) is 23.4 Å². The molecule has 1 aliphatic rings. The van der Waals surface area contributed by atoms with Crippen molar-refractivity contribution in [1.29, 1.82) is 0 Å². The van der Waals surface area contributed by atoms with Crippen molar-refractivity contribution < 1.29 is 14.6 Å². The van der Waals surface area contributed by atoms with Crippen LogP contribution in [0.15, 0.2) is 12.1 Å². The molecule has 1 fully saturated rings. The maximum Gasteiger partial charge on any atom is 0.337 e. The zero-order valence-corrected chi connectivity index (χ0v) is 12.3. The summed E-state index contributed by atoms with van der Waals surface area (Å²) in [5.41, 5.74) is 0.819. The van der Waals surface area contributed by atoms with Crippen LogP contribution >= 0.6 is 0 Å². The standard InChI is InChI=1S/C15H22N2O3/c1-10-13(15(18)19)6-7-14(16-10)17(8-9-20-3)11(2)12-4-5-12/h6-7,11-12H,4-5,8-9H2,1-3H3,(H,18,19). The Morgan fingerprint density at radius 3 is 2.75 bits per heavy atom. The van der Waals surface area contributed by atoms with Crippen LogP contribution < -0.4 is 4.90 Å². The lowest BCUT2D eigenvalue weighted by Crippen LogP contribution is -2.38. The van der Waals surface area contributed by atoms with Gasteiger partial charge in [0.1, 0.15) is 5.82 Å². The summed E-state index contributed by atoms with van der Waals surface area (Å²) in [6.07, 6.45) is 2.52. The van der Waals surface area contributed by atoms with E-state index < -0.39 is 5.97 Å². The van der Waals surface area contributed by atoms with E-state index in [1.54, 1.807) is 26.2 Å². The summed E-state index contributed by atoms with van der Waals surface area (Å²) in [5.74, 6) is 0.622. The van der Waals surface area contributed by atoms with Gasteiger partial charge >= 0.3 is 5.97 Å². The Morgan fingerprint density at radius 1 is 1.55 bits per heavy atom. The number of carboxylic acid groups (broad SMARTS) is 1. The van der Waals surface area contributed by atoms with Gasteiger partial charge in [0, 0.05) is 19.7 Å². The number of aromatic nitrogens is 1. The smallest absolute Gasteiger partial charge is 0.337 e. The molecule has 1 unspecified atom stereocenters. The maximum atomic E-state index is 11.1. The Bertz CT molecular complexity index is 486. The number of aryl methyl sites for hydroxylation is 1. The molecule has 0 aliphatic heterocycles. The number of carbonyl (C=O) groups is 1. The minimum Gasteiger partial charge on any atom is -0.478 e. The summed E-state index contributed by atoms with van der Waals surface area (Å²) in [6, 6.07) is 3.84. The van der Waals surface area contributed by atoms with Gasteiger partial charge in [-0.2, -0.15) is 0 Å². The van der Waals surface area contributed by atoms with Crippen molar-refractivity contribution in [3.8, 4) is 0 Å². The first-order chi connectivity index (χ1) is 9.54. The highest BCUT2D eigenvalue weighted by atomic mass is 16.5. The molecule has 5 heteroatoms. The van der Waals surface area contributed by atoms with Gasteiger partial charge in [0.05, 0.1) is 17.9 Å². The molecule has 0 aromatic carbocycles. The van der Waals surface area contributed by atoms with Gasteiger partial charge in [-0.05, 0) is 44.7 Å². The van der Waals surface area contributed by atoms with Gasteiger partial charge in [0.15, 0.2) is 0 Å². The number of pyridine rings is 1. The molecule has 1 heterocycles. The van der Waals surface area contributed by atoms with Crippen molar-refractivity contribution in [2.45, 2.75) is 32.7 Å². The lowest BCUT2D eigenvalue weighted by Gasteiger charge is -2.30. The molecule has 20 heavy (non-hydrogen) atoms. The van der Waals surface area contributed by atoms with Crippen molar-refractivity contribution in [2.75, 3.05) is 25.2 Å². The third kappa shape index (κ3) is 3.28. The van der Waals surface area contributed by atoms with Crippen LogP contribution in [0.3, 0.4) is 0 Å². The van der Waals surface area contributed by atoms with E-state index in [-0.39, 0.29) is 5.56 Å². The van der Waals surface area contributed by atoms with E-state index in [1.807, 2.05) is 0 Å². The first-order valence-corrected chi connectivity index (χ1v) is 7.01. The fraction of sp³-hybridized carbons (Fsp3) is 0.600. The second-order valence-corrected chi connectivity index (χ2v) is 5.37. The molecule has 0 radical (unpaired) electrons. The van der Waals surface area contributed by atoms with E-state index in [9.17, 15) is 4.79 Å². The molecule has 0 saturated heterocycles. The van der Waals surface area contributed by atoms with E-state index in [1.165, 1.54) is 12.8 Å². The number of carboxylic acids is 1. The molecule has 1 saturated carbocycles. The van der Waals surface area contributed by atoms with Gasteiger partial charge < -0.3 is 14.7 Å². The Hall–Kier alpha value is -1.62. The van der Waals surface area contributed by atoms with Crippen LogP contribution in [0.25, 0.3) is 0 Å². The Labute approximate surface area is 119 Å². The molecule has 0 amide bonds. The quantitative estimate of drug-likeness (QED) is 0.829. The summed E-state index contributed by atoms with van der Waals surface area (Å²) < 4.78 is 5.17. The first kappa shape index (κ1) is 14.8. The number of hydrogen-bond acceptors (Lipinski definition) is 4. The van der Waals surface area contributed by atoms with Crippen molar-refractivity contribution in [1.82, 2.24) is 4.98 Å². The molecule has 5 nitrogen and oxygen atoms in total. The summed E-state index contributed by atoms with van der Waals surface area (Å²) in [7, 11) is 1.69. The maximum absolute atomic E-state index is 11.1. The zero-order chi connectivity index (χ0) is 14.7. The second kappa shape index (κ2) is 6.22. The molecule has 1 aromatic heterocycles. The molecule has 2 rings (SSSR count). The van der Waals surface area contributed by atoms with Crippen molar-refractivity contribution in [2.24, 2.45) is 5.92 Å². The summed E-state index contributed by atoms with van der Waals surface area (Å²) in [4.78, 5) is 17.7. The summed E-state index contributed by atoms with van der Waals surface area (Å²) >= 11 is 0. The number of anilines is 1. The molecule has 1 N–H and O–H groups in total. The van der Waals surface area contributed by atoms with Crippen LogP contribution in [0.2, 0.25) is 0 Å². The van der Waals surface area contributed by atoms with Gasteiger partial charge in [0.25, 0.3) is 0 Å². The highest BCUT2D eigenvalue weighted by Crippen LogP contribution is 2.36. The number of aromatic carboxylic acids is 1. The van der Waals surface area contributed by atoms with Crippen LogP contribution in [0.4, 0.5) is 5.82 Å². The average molecular weight is 278 g/mol. The van der Waals surface area contributed by atoms with Gasteiger partial charge in [0.2, 0.25) is 0 Å². The molecular weight excluding hydrogens is 256 g/mol. The van der Waals surface area contributed by atoms with Crippen LogP contribution in [-0.4, -0.2) is 42.4 Å². The average Bonchev–Trinajstić information content (AvgIpc) is 3.22. The van der Waals surface area contributed by atoms with Gasteiger partial charge in [-0.3, -0.25) is 0 Å². The number of nitrogens with zero attached hydrogens (tertiary/aromatic N) is 2. The van der Waals surface area contributed by atoms with E-state index in [0.717, 1.165) is 12.4 Å². The van der Waals surface area contributed by atoms with E-state index in [0.29, 0.717) is 24.3 Å². The SMILES string of the molecule is COCCN(c1ccc(C(=O)O)c(C)n1)C(C)C1CC1. The molecule has 1 atom stereocenters. The topological polar surface area (TPSA) is 62.7 Å². The first-order valence-electron chi connectivity index (χ1n) is 7.01. The van der Waals surface area contributed by atoms with Crippen LogP contribution in [-0.2, 0) is 4.74 Å². The molecular formula is C15H22N2O3.